The van der Waals surface area contributed by atoms with E-state index in [0.717, 1.165) is 74.2 Å². The molecule has 0 aliphatic heterocycles. The minimum absolute atomic E-state index is 0.274. The molecule has 3 aromatic heterocycles. The van der Waals surface area contributed by atoms with E-state index in [1.807, 2.05) is 47.2 Å². The SMILES string of the molecule is CCCc1nc2c(C)cc(-c3nc4ccccc4n3C)cc2n1Cc1cccc2c1ccn2-c1ccccc1C(=O)O. The van der Waals surface area contributed by atoms with Gasteiger partial charge in [-0.25, -0.2) is 14.8 Å². The third-order valence-corrected chi connectivity index (χ3v) is 8.19. The minimum Gasteiger partial charge on any atom is -0.478 e. The zero-order valence-electron chi connectivity index (χ0n) is 23.9. The number of carbonyl (C=O) groups is 1. The number of para-hydroxylation sites is 3. The number of fused-ring (bicyclic) bond motifs is 3. The third kappa shape index (κ3) is 4.08. The quantitative estimate of drug-likeness (QED) is 0.221. The van der Waals surface area contributed by atoms with E-state index in [0.29, 0.717) is 12.2 Å². The van der Waals surface area contributed by atoms with E-state index < -0.39 is 5.97 Å². The maximum atomic E-state index is 12.0. The molecule has 0 atom stereocenters. The zero-order valence-corrected chi connectivity index (χ0v) is 23.9. The molecule has 7 aromatic rings. The van der Waals surface area contributed by atoms with Crippen molar-refractivity contribution in [2.75, 3.05) is 0 Å². The molecule has 0 fully saturated rings. The van der Waals surface area contributed by atoms with Crippen molar-refractivity contribution >= 4 is 38.9 Å². The van der Waals surface area contributed by atoms with Gasteiger partial charge in [-0.15, -0.1) is 0 Å². The van der Waals surface area contributed by atoms with E-state index >= 15 is 0 Å². The summed E-state index contributed by atoms with van der Waals surface area (Å²) in [5.74, 6) is 1.05. The van der Waals surface area contributed by atoms with Crippen molar-refractivity contribution in [1.29, 1.82) is 0 Å². The summed E-state index contributed by atoms with van der Waals surface area (Å²) in [6, 6.07) is 28.1. The lowest BCUT2D eigenvalue weighted by Gasteiger charge is -2.13. The van der Waals surface area contributed by atoms with E-state index in [1.54, 1.807) is 12.1 Å². The summed E-state index contributed by atoms with van der Waals surface area (Å²) < 4.78 is 6.46. The largest absolute Gasteiger partial charge is 0.478 e. The first-order chi connectivity index (χ1) is 20.4. The van der Waals surface area contributed by atoms with Gasteiger partial charge in [-0.05, 0) is 73.0 Å². The van der Waals surface area contributed by atoms with Crippen molar-refractivity contribution in [2.24, 2.45) is 7.05 Å². The highest BCUT2D eigenvalue weighted by molar-refractivity contribution is 5.94. The molecule has 0 aliphatic rings. The van der Waals surface area contributed by atoms with Crippen molar-refractivity contribution in [1.82, 2.24) is 23.7 Å². The second-order valence-electron chi connectivity index (χ2n) is 10.9. The van der Waals surface area contributed by atoms with Crippen LogP contribution in [-0.4, -0.2) is 34.7 Å². The Morgan fingerprint density at radius 2 is 1.67 bits per heavy atom. The molecule has 7 heteroatoms. The summed E-state index contributed by atoms with van der Waals surface area (Å²) >= 11 is 0. The van der Waals surface area contributed by atoms with Gasteiger partial charge < -0.3 is 18.8 Å². The number of nitrogens with zero attached hydrogens (tertiary/aromatic N) is 5. The van der Waals surface area contributed by atoms with Crippen LogP contribution in [0.15, 0.2) is 91.1 Å². The number of hydrogen-bond acceptors (Lipinski definition) is 3. The highest BCUT2D eigenvalue weighted by Crippen LogP contribution is 2.32. The summed E-state index contributed by atoms with van der Waals surface area (Å²) in [7, 11) is 2.07. The van der Waals surface area contributed by atoms with Crippen LogP contribution in [0.5, 0.6) is 0 Å². The van der Waals surface area contributed by atoms with Gasteiger partial charge >= 0.3 is 5.97 Å². The van der Waals surface area contributed by atoms with Gasteiger partial charge in [-0.2, -0.15) is 0 Å². The molecule has 0 unspecified atom stereocenters. The maximum absolute atomic E-state index is 12.0. The monoisotopic (exact) mass is 553 g/mol. The standard InChI is InChI=1S/C35H31N5O2/c1-4-10-32-37-33-22(2)19-24(34-36-27-13-6-8-15-30(27)38(34)3)20-31(33)40(32)21-23-11-9-16-28-25(23)17-18-39(28)29-14-7-5-12-26(29)35(41)42/h5-9,11-20H,4,10,21H2,1-3H3,(H,41,42). The van der Waals surface area contributed by atoms with Crippen LogP contribution >= 0.6 is 0 Å². The molecule has 0 amide bonds. The summed E-state index contributed by atoms with van der Waals surface area (Å²) in [6.07, 6.45) is 3.83. The molecule has 0 spiro atoms. The van der Waals surface area contributed by atoms with Crippen LogP contribution in [0.2, 0.25) is 0 Å². The Labute approximate surface area is 243 Å². The van der Waals surface area contributed by atoms with Gasteiger partial charge in [0.2, 0.25) is 0 Å². The van der Waals surface area contributed by atoms with E-state index in [-0.39, 0.29) is 5.56 Å². The molecular weight excluding hydrogens is 522 g/mol. The van der Waals surface area contributed by atoms with Crippen LogP contribution in [-0.2, 0) is 20.0 Å². The molecule has 0 saturated heterocycles. The normalized spacial score (nSPS) is 11.7. The fourth-order valence-electron chi connectivity index (χ4n) is 6.18. The molecule has 7 nitrogen and oxygen atoms in total. The average Bonchev–Trinajstić information content (AvgIpc) is 3.68. The molecular formula is C35H31N5O2. The van der Waals surface area contributed by atoms with Crippen LogP contribution in [0.25, 0.3) is 50.0 Å². The van der Waals surface area contributed by atoms with Crippen LogP contribution in [0.4, 0.5) is 0 Å². The highest BCUT2D eigenvalue weighted by atomic mass is 16.4. The Bertz CT molecular complexity index is 2150. The fourth-order valence-corrected chi connectivity index (χ4v) is 6.18. The average molecular weight is 554 g/mol. The summed E-state index contributed by atoms with van der Waals surface area (Å²) in [4.78, 5) is 22.0. The van der Waals surface area contributed by atoms with E-state index in [4.69, 9.17) is 9.97 Å². The van der Waals surface area contributed by atoms with Crippen molar-refractivity contribution in [3.05, 3.63) is 114 Å². The first-order valence-corrected chi connectivity index (χ1v) is 14.3. The predicted molar refractivity (Wildman–Crippen MR) is 168 cm³/mol. The maximum Gasteiger partial charge on any atom is 0.337 e. The van der Waals surface area contributed by atoms with Gasteiger partial charge in [0, 0.05) is 30.6 Å². The molecule has 0 bridgehead atoms. The number of aromatic nitrogens is 5. The summed E-state index contributed by atoms with van der Waals surface area (Å²) in [6.45, 7) is 4.96. The van der Waals surface area contributed by atoms with Gasteiger partial charge in [-0.3, -0.25) is 0 Å². The molecule has 0 radical (unpaired) electrons. The number of carboxylic acid groups (broad SMARTS) is 1. The van der Waals surface area contributed by atoms with Gasteiger partial charge in [0.25, 0.3) is 0 Å². The Hall–Kier alpha value is -5.17. The van der Waals surface area contributed by atoms with E-state index in [9.17, 15) is 9.90 Å². The van der Waals surface area contributed by atoms with Crippen LogP contribution < -0.4 is 0 Å². The minimum atomic E-state index is -0.940. The topological polar surface area (TPSA) is 77.9 Å². The molecule has 0 aliphatic carbocycles. The fraction of sp³-hybridized carbons (Fsp3) is 0.171. The highest BCUT2D eigenvalue weighted by Gasteiger charge is 2.19. The molecule has 1 N–H and O–H groups in total. The number of imidazole rings is 2. The van der Waals surface area contributed by atoms with Crippen molar-refractivity contribution in [2.45, 2.75) is 33.2 Å². The van der Waals surface area contributed by atoms with Crippen LogP contribution in [0, 0.1) is 6.92 Å². The number of aryl methyl sites for hydroxylation is 3. The van der Waals surface area contributed by atoms with Crippen molar-refractivity contribution in [3.63, 3.8) is 0 Å². The lowest BCUT2D eigenvalue weighted by Crippen LogP contribution is -2.06. The molecule has 0 saturated carbocycles. The first kappa shape index (κ1) is 25.8. The summed E-state index contributed by atoms with van der Waals surface area (Å²) in [5.41, 5.74) is 9.43. The number of hydrogen-bond donors (Lipinski definition) is 1. The lowest BCUT2D eigenvalue weighted by atomic mass is 10.1. The molecule has 3 heterocycles. The number of benzene rings is 4. The van der Waals surface area contributed by atoms with Gasteiger partial charge in [-0.1, -0.05) is 43.3 Å². The Morgan fingerprint density at radius 1 is 0.881 bits per heavy atom. The predicted octanol–water partition coefficient (Wildman–Crippen LogP) is 7.54. The number of rotatable bonds is 7. The van der Waals surface area contributed by atoms with Crippen LogP contribution in [0.1, 0.15) is 40.7 Å². The molecule has 4 aromatic carbocycles. The Kier molecular flexibility index (Phi) is 6.16. The van der Waals surface area contributed by atoms with Crippen molar-refractivity contribution in [3.8, 4) is 17.1 Å². The molecule has 208 valence electrons. The number of aromatic carboxylic acids is 1. The first-order valence-electron chi connectivity index (χ1n) is 14.3. The van der Waals surface area contributed by atoms with Crippen molar-refractivity contribution < 1.29 is 9.90 Å². The smallest absolute Gasteiger partial charge is 0.337 e. The van der Waals surface area contributed by atoms with E-state index in [2.05, 4.69) is 66.4 Å². The second kappa shape index (κ2) is 10.0. The van der Waals surface area contributed by atoms with E-state index in [1.165, 1.54) is 0 Å². The Morgan fingerprint density at radius 3 is 2.48 bits per heavy atom. The van der Waals surface area contributed by atoms with Gasteiger partial charge in [0.05, 0.1) is 45.4 Å². The number of carboxylic acids is 1. The zero-order chi connectivity index (χ0) is 29.0. The Balaban J connectivity index is 1.38. The molecule has 7 rings (SSSR count). The molecule has 42 heavy (non-hydrogen) atoms. The van der Waals surface area contributed by atoms with Crippen LogP contribution in [0.3, 0.4) is 0 Å². The van der Waals surface area contributed by atoms with Gasteiger partial charge in [0.15, 0.2) is 0 Å². The lowest BCUT2D eigenvalue weighted by molar-refractivity contribution is 0.0697. The second-order valence-corrected chi connectivity index (χ2v) is 10.9. The summed E-state index contributed by atoms with van der Waals surface area (Å²) in [5, 5.41) is 10.9. The van der Waals surface area contributed by atoms with Gasteiger partial charge in [0.1, 0.15) is 11.6 Å². The third-order valence-electron chi connectivity index (χ3n) is 8.19.